The van der Waals surface area contributed by atoms with Gasteiger partial charge in [0.2, 0.25) is 0 Å². The zero-order valence-electron chi connectivity index (χ0n) is 20.7. The van der Waals surface area contributed by atoms with Crippen LogP contribution in [0, 0.1) is 13.8 Å². The fourth-order valence-electron chi connectivity index (χ4n) is 4.16. The van der Waals surface area contributed by atoms with Crippen molar-refractivity contribution >= 4 is 39.9 Å². The van der Waals surface area contributed by atoms with Gasteiger partial charge in [0.05, 0.1) is 38.6 Å². The molecular formula is C26H24N2O8S. The molecule has 2 aromatic carbocycles. The number of phenolic OH excluding ortho intramolecular Hbond substituents is 1. The second-order valence-electron chi connectivity index (χ2n) is 8.19. The number of aryl methyl sites for hydroxylation is 2. The highest BCUT2D eigenvalue weighted by Crippen LogP contribution is 2.45. The fraction of sp³-hybridized carbons (Fsp3) is 0.231. The quantitative estimate of drug-likeness (QED) is 0.213. The lowest BCUT2D eigenvalue weighted by atomic mass is 9.94. The molecule has 4 rings (SSSR count). The second-order valence-corrected chi connectivity index (χ2v) is 9.16. The normalized spacial score (nSPS) is 16.7. The van der Waals surface area contributed by atoms with Crippen molar-refractivity contribution < 1.29 is 38.8 Å². The van der Waals surface area contributed by atoms with E-state index >= 15 is 0 Å². The molecule has 0 radical (unpaired) electrons. The van der Waals surface area contributed by atoms with Crippen molar-refractivity contribution in [2.75, 3.05) is 26.2 Å². The van der Waals surface area contributed by atoms with Crippen LogP contribution in [0.3, 0.4) is 0 Å². The number of rotatable bonds is 6. The molecule has 3 aromatic rings. The van der Waals surface area contributed by atoms with Gasteiger partial charge in [-0.1, -0.05) is 17.4 Å². The van der Waals surface area contributed by atoms with Crippen LogP contribution < -0.4 is 14.4 Å². The molecule has 1 saturated heterocycles. The van der Waals surface area contributed by atoms with Crippen molar-refractivity contribution in [1.82, 2.24) is 4.98 Å². The minimum atomic E-state index is -1.13. The Morgan fingerprint density at radius 1 is 1.03 bits per heavy atom. The summed E-state index contributed by atoms with van der Waals surface area (Å²) in [6, 6.07) is 8.06. The van der Waals surface area contributed by atoms with E-state index in [1.165, 1.54) is 39.5 Å². The Morgan fingerprint density at radius 2 is 1.73 bits per heavy atom. The summed E-state index contributed by atoms with van der Waals surface area (Å²) < 4.78 is 15.3. The van der Waals surface area contributed by atoms with E-state index in [-0.39, 0.29) is 27.1 Å². The SMILES string of the molecule is COC(=O)c1sc(N2C(=O)C(=O)/C(=C(/O)c3ccc(OC)c(C)c3)[C@H]2c2ccc(O)c(OC)c2)nc1C. The number of ketones is 1. The van der Waals surface area contributed by atoms with Crippen LogP contribution in [0.2, 0.25) is 0 Å². The van der Waals surface area contributed by atoms with E-state index in [4.69, 9.17) is 14.2 Å². The average Bonchev–Trinajstić information content (AvgIpc) is 3.39. The molecule has 37 heavy (non-hydrogen) atoms. The van der Waals surface area contributed by atoms with Gasteiger partial charge in [-0.25, -0.2) is 9.78 Å². The molecule has 1 aliphatic heterocycles. The number of aliphatic hydroxyl groups is 1. The van der Waals surface area contributed by atoms with Crippen LogP contribution in [0.5, 0.6) is 17.2 Å². The van der Waals surface area contributed by atoms with Crippen molar-refractivity contribution in [2.24, 2.45) is 0 Å². The maximum Gasteiger partial charge on any atom is 0.350 e. The van der Waals surface area contributed by atoms with Crippen LogP contribution in [0.25, 0.3) is 5.76 Å². The number of thiazole rings is 1. The average molecular weight is 525 g/mol. The fourth-order valence-corrected chi connectivity index (χ4v) is 5.17. The summed E-state index contributed by atoms with van der Waals surface area (Å²) in [5.41, 5.74) is 1.52. The van der Waals surface area contributed by atoms with Gasteiger partial charge in [0.1, 0.15) is 16.4 Å². The molecule has 1 aromatic heterocycles. The topological polar surface area (TPSA) is 135 Å². The van der Waals surface area contributed by atoms with E-state index in [0.717, 1.165) is 16.2 Å². The van der Waals surface area contributed by atoms with Gasteiger partial charge >= 0.3 is 11.9 Å². The number of amides is 1. The number of hydrogen-bond acceptors (Lipinski definition) is 10. The van der Waals surface area contributed by atoms with E-state index in [2.05, 4.69) is 4.98 Å². The molecule has 10 nitrogen and oxygen atoms in total. The number of phenols is 1. The molecule has 1 amide bonds. The minimum absolute atomic E-state index is 0.0713. The lowest BCUT2D eigenvalue weighted by Crippen LogP contribution is -2.29. The summed E-state index contributed by atoms with van der Waals surface area (Å²) in [6.07, 6.45) is 0. The number of Topliss-reactive ketones (excluding diaryl/α,β-unsaturated/α-hetero) is 1. The van der Waals surface area contributed by atoms with Crippen LogP contribution in [0.1, 0.15) is 38.1 Å². The molecule has 0 bridgehead atoms. The van der Waals surface area contributed by atoms with Crippen LogP contribution >= 0.6 is 11.3 Å². The molecule has 11 heteroatoms. The van der Waals surface area contributed by atoms with Gasteiger partial charge in [-0.3, -0.25) is 14.5 Å². The maximum absolute atomic E-state index is 13.4. The number of aromatic hydroxyl groups is 1. The number of carbonyl (C=O) groups is 3. The highest BCUT2D eigenvalue weighted by molar-refractivity contribution is 7.17. The van der Waals surface area contributed by atoms with Gasteiger partial charge in [-0.05, 0) is 55.3 Å². The van der Waals surface area contributed by atoms with Crippen LogP contribution in [0.4, 0.5) is 5.13 Å². The monoisotopic (exact) mass is 524 g/mol. The van der Waals surface area contributed by atoms with Gasteiger partial charge in [0.25, 0.3) is 5.78 Å². The standard InChI is InChI=1S/C26H24N2O8S/c1-12-10-15(7-9-17(12)34-3)21(30)19-20(14-6-8-16(29)18(11-14)35-4)28(24(32)22(19)31)26-27-13(2)23(37-26)25(33)36-5/h6-11,20,29-30H,1-5H3/b21-19+/t20-/m1/s1. The largest absolute Gasteiger partial charge is 0.507 e. The Bertz CT molecular complexity index is 1460. The Balaban J connectivity index is 1.97. The molecule has 1 fully saturated rings. The summed E-state index contributed by atoms with van der Waals surface area (Å²) in [5, 5.41) is 21.5. The lowest BCUT2D eigenvalue weighted by Gasteiger charge is -2.23. The molecule has 1 atom stereocenters. The smallest absolute Gasteiger partial charge is 0.350 e. The highest BCUT2D eigenvalue weighted by Gasteiger charge is 2.48. The van der Waals surface area contributed by atoms with Crippen molar-refractivity contribution in [1.29, 1.82) is 0 Å². The third-order valence-corrected chi connectivity index (χ3v) is 7.13. The molecular weight excluding hydrogens is 500 g/mol. The molecule has 0 aliphatic carbocycles. The number of methoxy groups -OCH3 is 3. The summed E-state index contributed by atoms with van der Waals surface area (Å²) >= 11 is 0.890. The first-order valence-corrected chi connectivity index (χ1v) is 11.8. The molecule has 0 spiro atoms. The van der Waals surface area contributed by atoms with Crippen molar-refractivity contribution in [3.8, 4) is 17.2 Å². The summed E-state index contributed by atoms with van der Waals surface area (Å²) in [4.78, 5) is 44.6. The first-order chi connectivity index (χ1) is 17.6. The summed E-state index contributed by atoms with van der Waals surface area (Å²) in [5.74, 6) is -2.35. The van der Waals surface area contributed by atoms with Gasteiger partial charge in [0, 0.05) is 5.56 Å². The second kappa shape index (κ2) is 9.94. The maximum atomic E-state index is 13.4. The lowest BCUT2D eigenvalue weighted by molar-refractivity contribution is -0.132. The molecule has 2 heterocycles. The van der Waals surface area contributed by atoms with Gasteiger partial charge < -0.3 is 24.4 Å². The zero-order valence-corrected chi connectivity index (χ0v) is 21.5. The summed E-state index contributed by atoms with van der Waals surface area (Å²) in [7, 11) is 4.11. The Labute approximate surface area is 216 Å². The number of nitrogens with zero attached hydrogens (tertiary/aromatic N) is 2. The number of anilines is 1. The Kier molecular flexibility index (Phi) is 6.90. The number of aromatic nitrogens is 1. The number of ether oxygens (including phenoxy) is 3. The molecule has 2 N–H and O–H groups in total. The van der Waals surface area contributed by atoms with Gasteiger partial charge in [0.15, 0.2) is 16.6 Å². The molecule has 0 unspecified atom stereocenters. The first-order valence-electron chi connectivity index (χ1n) is 11.0. The van der Waals surface area contributed by atoms with Crippen molar-refractivity contribution in [3.63, 3.8) is 0 Å². The third kappa shape index (κ3) is 4.38. The molecule has 1 aliphatic rings. The Hall–Kier alpha value is -4.38. The molecule has 0 saturated carbocycles. The Morgan fingerprint density at radius 3 is 2.35 bits per heavy atom. The van der Waals surface area contributed by atoms with Crippen LogP contribution in [-0.2, 0) is 14.3 Å². The van der Waals surface area contributed by atoms with Crippen molar-refractivity contribution in [2.45, 2.75) is 19.9 Å². The van der Waals surface area contributed by atoms with Gasteiger partial charge in [-0.2, -0.15) is 0 Å². The van der Waals surface area contributed by atoms with E-state index in [1.807, 2.05) is 0 Å². The predicted molar refractivity (Wildman–Crippen MR) is 135 cm³/mol. The van der Waals surface area contributed by atoms with E-state index in [9.17, 15) is 24.6 Å². The van der Waals surface area contributed by atoms with Crippen LogP contribution in [-0.4, -0.2) is 54.2 Å². The van der Waals surface area contributed by atoms with Crippen LogP contribution in [0.15, 0.2) is 42.0 Å². The predicted octanol–water partition coefficient (Wildman–Crippen LogP) is 3.90. The number of aliphatic hydroxyl groups excluding tert-OH is 1. The zero-order chi connectivity index (χ0) is 27.0. The van der Waals surface area contributed by atoms with E-state index in [0.29, 0.717) is 28.1 Å². The molecule has 192 valence electrons. The number of carbonyl (C=O) groups excluding carboxylic acids is 3. The van der Waals surface area contributed by atoms with Crippen molar-refractivity contribution in [3.05, 3.63) is 69.2 Å². The minimum Gasteiger partial charge on any atom is -0.507 e. The highest BCUT2D eigenvalue weighted by atomic mass is 32.1. The number of benzene rings is 2. The van der Waals surface area contributed by atoms with Gasteiger partial charge in [-0.15, -0.1) is 0 Å². The van der Waals surface area contributed by atoms with E-state index in [1.54, 1.807) is 32.0 Å². The first kappa shape index (κ1) is 25.7. The van der Waals surface area contributed by atoms with E-state index < -0.39 is 29.5 Å². The summed E-state index contributed by atoms with van der Waals surface area (Å²) in [6.45, 7) is 3.37. The number of esters is 1. The third-order valence-electron chi connectivity index (χ3n) is 5.99. The number of hydrogen-bond donors (Lipinski definition) is 2.